The summed E-state index contributed by atoms with van der Waals surface area (Å²) in [5, 5.41) is 2.39. The molecule has 0 spiro atoms. The number of carbonyl (C=O) groups excluding carboxylic acids is 2. The average Bonchev–Trinajstić information content (AvgIpc) is 2.55. The maximum Gasteiger partial charge on any atom is 0.508 e. The minimum atomic E-state index is -1.60. The van der Waals surface area contributed by atoms with Crippen LogP contribution in [0.4, 0.5) is 14.0 Å². The second-order valence-corrected chi connectivity index (χ2v) is 6.23. The van der Waals surface area contributed by atoms with Crippen molar-refractivity contribution in [2.75, 3.05) is 13.2 Å². The molecule has 0 radical (unpaired) electrons. The first kappa shape index (κ1) is 20.5. The van der Waals surface area contributed by atoms with Gasteiger partial charge in [-0.15, -0.1) is 0 Å². The fourth-order valence-electron chi connectivity index (χ4n) is 1.85. The van der Waals surface area contributed by atoms with Gasteiger partial charge in [-0.3, -0.25) is 0 Å². The topological polar surface area (TPSA) is 73.9 Å². The lowest BCUT2D eigenvalue weighted by Crippen LogP contribution is -2.44. The Hall–Kier alpha value is -2.57. The number of hydrogen-bond acceptors (Lipinski definition) is 5. The molecule has 0 heterocycles. The SMILES string of the molecule is C=CCOC(=O)OC[C@@H](NC(=O)OC(C)(C)C)C(F)c1ccccc1. The quantitative estimate of drug-likeness (QED) is 0.594. The van der Waals surface area contributed by atoms with E-state index >= 15 is 0 Å². The second-order valence-electron chi connectivity index (χ2n) is 6.23. The normalized spacial score (nSPS) is 13.3. The van der Waals surface area contributed by atoms with Gasteiger partial charge in [0.25, 0.3) is 0 Å². The molecule has 1 rings (SSSR count). The zero-order valence-electron chi connectivity index (χ0n) is 14.7. The number of carbonyl (C=O) groups is 2. The average molecular weight is 353 g/mol. The number of ether oxygens (including phenoxy) is 3. The van der Waals surface area contributed by atoms with Crippen molar-refractivity contribution in [2.24, 2.45) is 0 Å². The van der Waals surface area contributed by atoms with Crippen LogP contribution in [-0.2, 0) is 14.2 Å². The Kier molecular flexibility index (Phi) is 7.91. The molecule has 0 aliphatic heterocycles. The Morgan fingerprint density at radius 2 is 1.88 bits per heavy atom. The van der Waals surface area contributed by atoms with Gasteiger partial charge in [0.2, 0.25) is 0 Å². The van der Waals surface area contributed by atoms with Crippen molar-refractivity contribution in [3.8, 4) is 0 Å². The van der Waals surface area contributed by atoms with Gasteiger partial charge in [-0.05, 0) is 26.3 Å². The maximum absolute atomic E-state index is 14.8. The number of halogens is 1. The standard InChI is InChI=1S/C18H24FNO5/c1-5-11-23-17(22)24-12-14(20-16(21)25-18(2,3)4)15(19)13-9-7-6-8-10-13/h5-10,14-15H,1,11-12H2,2-4H3,(H,20,21)/t14-,15?/m1/s1. The van der Waals surface area contributed by atoms with Crippen LogP contribution in [0.15, 0.2) is 43.0 Å². The molecule has 1 amide bonds. The molecule has 0 bridgehead atoms. The van der Waals surface area contributed by atoms with Crippen molar-refractivity contribution >= 4 is 12.2 Å². The zero-order chi connectivity index (χ0) is 18.9. The van der Waals surface area contributed by atoms with Crippen LogP contribution in [0.25, 0.3) is 0 Å². The number of amides is 1. The van der Waals surface area contributed by atoms with Crippen molar-refractivity contribution < 1.29 is 28.2 Å². The Balaban J connectivity index is 2.77. The first-order chi connectivity index (χ1) is 11.7. The molecule has 0 saturated carbocycles. The highest BCUT2D eigenvalue weighted by Gasteiger charge is 2.28. The van der Waals surface area contributed by atoms with Gasteiger partial charge in [0.1, 0.15) is 31.0 Å². The highest BCUT2D eigenvalue weighted by molar-refractivity contribution is 5.68. The molecule has 1 aromatic carbocycles. The Morgan fingerprint density at radius 3 is 2.44 bits per heavy atom. The van der Waals surface area contributed by atoms with Gasteiger partial charge in [0, 0.05) is 0 Å². The summed E-state index contributed by atoms with van der Waals surface area (Å²) >= 11 is 0. The zero-order valence-corrected chi connectivity index (χ0v) is 14.7. The molecule has 25 heavy (non-hydrogen) atoms. The summed E-state index contributed by atoms with van der Waals surface area (Å²) in [6.45, 7) is 8.03. The number of benzene rings is 1. The molecule has 2 atom stereocenters. The number of alkyl carbamates (subject to hydrolysis) is 1. The number of nitrogens with one attached hydrogen (secondary N) is 1. The third kappa shape index (κ3) is 8.19. The highest BCUT2D eigenvalue weighted by Crippen LogP contribution is 2.22. The van der Waals surface area contributed by atoms with Gasteiger partial charge in [0.15, 0.2) is 0 Å². The molecule has 6 nitrogen and oxygen atoms in total. The Bertz CT molecular complexity index is 571. The second kappa shape index (κ2) is 9.66. The van der Waals surface area contributed by atoms with Gasteiger partial charge in [-0.1, -0.05) is 43.0 Å². The molecule has 1 N–H and O–H groups in total. The van der Waals surface area contributed by atoms with Gasteiger partial charge in [-0.25, -0.2) is 14.0 Å². The minimum Gasteiger partial charge on any atom is -0.444 e. The van der Waals surface area contributed by atoms with E-state index in [1.54, 1.807) is 51.1 Å². The van der Waals surface area contributed by atoms with E-state index in [-0.39, 0.29) is 6.61 Å². The van der Waals surface area contributed by atoms with Crippen LogP contribution < -0.4 is 5.32 Å². The molecule has 0 aliphatic rings. The van der Waals surface area contributed by atoms with Crippen LogP contribution in [0.5, 0.6) is 0 Å². The number of rotatable bonds is 7. The summed E-state index contributed by atoms with van der Waals surface area (Å²) in [5.74, 6) is 0. The lowest BCUT2D eigenvalue weighted by Gasteiger charge is -2.25. The number of alkyl halides is 1. The molecule has 0 saturated heterocycles. The van der Waals surface area contributed by atoms with Crippen LogP contribution in [0.3, 0.4) is 0 Å². The fraction of sp³-hybridized carbons (Fsp3) is 0.444. The van der Waals surface area contributed by atoms with E-state index in [0.717, 1.165) is 0 Å². The summed E-state index contributed by atoms with van der Waals surface area (Å²) in [5.41, 5.74) is -0.400. The van der Waals surface area contributed by atoms with Crippen molar-refractivity contribution in [1.82, 2.24) is 5.32 Å². The maximum atomic E-state index is 14.8. The van der Waals surface area contributed by atoms with Gasteiger partial charge < -0.3 is 19.5 Å². The minimum absolute atomic E-state index is 0.0271. The van der Waals surface area contributed by atoms with E-state index < -0.39 is 36.7 Å². The summed E-state index contributed by atoms with van der Waals surface area (Å²) < 4.78 is 29.4. The van der Waals surface area contributed by atoms with Crippen LogP contribution in [0.2, 0.25) is 0 Å². The van der Waals surface area contributed by atoms with E-state index in [1.165, 1.54) is 6.08 Å². The van der Waals surface area contributed by atoms with Crippen LogP contribution in [-0.4, -0.2) is 37.1 Å². The smallest absolute Gasteiger partial charge is 0.444 e. The molecule has 0 aromatic heterocycles. The molecule has 138 valence electrons. The summed E-state index contributed by atoms with van der Waals surface area (Å²) in [7, 11) is 0. The molecular formula is C18H24FNO5. The highest BCUT2D eigenvalue weighted by atomic mass is 19.1. The number of hydrogen-bond donors (Lipinski definition) is 1. The van der Waals surface area contributed by atoms with Gasteiger partial charge >= 0.3 is 12.2 Å². The van der Waals surface area contributed by atoms with E-state index in [4.69, 9.17) is 9.47 Å². The summed E-state index contributed by atoms with van der Waals surface area (Å²) in [6.07, 6.45) is -2.00. The van der Waals surface area contributed by atoms with Crippen LogP contribution in [0, 0.1) is 0 Å². The largest absolute Gasteiger partial charge is 0.508 e. The van der Waals surface area contributed by atoms with Crippen LogP contribution in [0.1, 0.15) is 32.5 Å². The van der Waals surface area contributed by atoms with Crippen molar-refractivity contribution in [3.63, 3.8) is 0 Å². The lowest BCUT2D eigenvalue weighted by molar-refractivity contribution is 0.0296. The first-order valence-electron chi connectivity index (χ1n) is 7.82. The fourth-order valence-corrected chi connectivity index (χ4v) is 1.85. The van der Waals surface area contributed by atoms with Gasteiger partial charge in [-0.2, -0.15) is 0 Å². The molecular weight excluding hydrogens is 329 g/mol. The van der Waals surface area contributed by atoms with Gasteiger partial charge in [0.05, 0.1) is 0 Å². The molecule has 0 fully saturated rings. The third-order valence-corrected chi connectivity index (χ3v) is 2.87. The third-order valence-electron chi connectivity index (χ3n) is 2.87. The predicted molar refractivity (Wildman–Crippen MR) is 90.9 cm³/mol. The Labute approximate surface area is 147 Å². The molecule has 1 aromatic rings. The predicted octanol–water partition coefficient (Wildman–Crippen LogP) is 3.93. The van der Waals surface area contributed by atoms with Crippen molar-refractivity contribution in [2.45, 2.75) is 38.6 Å². The Morgan fingerprint density at radius 1 is 1.24 bits per heavy atom. The van der Waals surface area contributed by atoms with E-state index in [1.807, 2.05) is 0 Å². The summed E-state index contributed by atoms with van der Waals surface area (Å²) in [4.78, 5) is 23.4. The first-order valence-corrected chi connectivity index (χ1v) is 7.82. The van der Waals surface area contributed by atoms with Crippen molar-refractivity contribution in [3.05, 3.63) is 48.6 Å². The summed E-state index contributed by atoms with van der Waals surface area (Å²) in [6, 6.07) is 7.11. The molecule has 1 unspecified atom stereocenters. The monoisotopic (exact) mass is 353 g/mol. The van der Waals surface area contributed by atoms with E-state index in [9.17, 15) is 14.0 Å². The van der Waals surface area contributed by atoms with Crippen LogP contribution >= 0.6 is 0 Å². The van der Waals surface area contributed by atoms with E-state index in [2.05, 4.69) is 16.6 Å². The molecule has 7 heteroatoms. The molecule has 0 aliphatic carbocycles. The van der Waals surface area contributed by atoms with Crippen molar-refractivity contribution in [1.29, 1.82) is 0 Å². The van der Waals surface area contributed by atoms with E-state index in [0.29, 0.717) is 5.56 Å². The lowest BCUT2D eigenvalue weighted by atomic mass is 10.0.